The fraction of sp³-hybridized carbons (Fsp3) is 0.647. The van der Waals surface area contributed by atoms with Gasteiger partial charge in [-0.3, -0.25) is 0 Å². The van der Waals surface area contributed by atoms with Crippen molar-refractivity contribution in [3.05, 3.63) is 29.3 Å². The lowest BCUT2D eigenvalue weighted by Gasteiger charge is -2.22. The van der Waals surface area contributed by atoms with Gasteiger partial charge in [0.15, 0.2) is 0 Å². The van der Waals surface area contributed by atoms with Crippen molar-refractivity contribution >= 4 is 0 Å². The molecule has 0 radical (unpaired) electrons. The van der Waals surface area contributed by atoms with Crippen LogP contribution in [0.3, 0.4) is 0 Å². The summed E-state index contributed by atoms with van der Waals surface area (Å²) in [6.45, 7) is 7.87. The number of aliphatic hydroxyl groups excluding tert-OH is 1. The molecule has 1 saturated heterocycles. The maximum absolute atomic E-state index is 10.0. The highest BCUT2D eigenvalue weighted by Gasteiger charge is 2.22. The molecule has 0 amide bonds. The van der Waals surface area contributed by atoms with Crippen molar-refractivity contribution in [1.82, 2.24) is 5.32 Å². The SMILES string of the molecule is Cc1cc(C)cc(OCC(O)CNC(C)C2CCCO2)c1. The Morgan fingerprint density at radius 1 is 1.33 bits per heavy atom. The number of ether oxygens (including phenoxy) is 2. The molecule has 0 bridgehead atoms. The van der Waals surface area contributed by atoms with Crippen molar-refractivity contribution in [3.8, 4) is 5.75 Å². The predicted molar refractivity (Wildman–Crippen MR) is 83.9 cm³/mol. The highest BCUT2D eigenvalue weighted by Crippen LogP contribution is 2.17. The molecule has 0 saturated carbocycles. The second-order valence-corrected chi connectivity index (χ2v) is 6.04. The fourth-order valence-corrected chi connectivity index (χ4v) is 2.72. The number of aliphatic hydroxyl groups is 1. The van der Waals surface area contributed by atoms with Crippen molar-refractivity contribution < 1.29 is 14.6 Å². The molecule has 118 valence electrons. The molecule has 0 aromatic heterocycles. The van der Waals surface area contributed by atoms with Gasteiger partial charge in [-0.05, 0) is 56.9 Å². The van der Waals surface area contributed by atoms with Crippen LogP contribution in [0.2, 0.25) is 0 Å². The average Bonchev–Trinajstić information content (AvgIpc) is 2.95. The molecule has 1 aromatic rings. The summed E-state index contributed by atoms with van der Waals surface area (Å²) in [4.78, 5) is 0. The molecule has 4 heteroatoms. The summed E-state index contributed by atoms with van der Waals surface area (Å²) >= 11 is 0. The van der Waals surface area contributed by atoms with Gasteiger partial charge in [-0.1, -0.05) is 6.07 Å². The van der Waals surface area contributed by atoms with Crippen LogP contribution in [0.4, 0.5) is 0 Å². The molecule has 2 rings (SSSR count). The van der Waals surface area contributed by atoms with Crippen LogP contribution < -0.4 is 10.1 Å². The molecule has 3 atom stereocenters. The Hall–Kier alpha value is -1.10. The van der Waals surface area contributed by atoms with Gasteiger partial charge in [0.1, 0.15) is 18.5 Å². The maximum atomic E-state index is 10.0. The van der Waals surface area contributed by atoms with Crippen LogP contribution in [-0.2, 0) is 4.74 Å². The van der Waals surface area contributed by atoms with Crippen LogP contribution >= 0.6 is 0 Å². The van der Waals surface area contributed by atoms with Crippen molar-refractivity contribution in [2.45, 2.75) is 51.9 Å². The third kappa shape index (κ3) is 5.30. The first-order valence-electron chi connectivity index (χ1n) is 7.79. The molecule has 1 fully saturated rings. The second-order valence-electron chi connectivity index (χ2n) is 6.04. The normalized spacial score (nSPS) is 21.2. The van der Waals surface area contributed by atoms with Crippen LogP contribution in [0.5, 0.6) is 5.75 Å². The molecule has 1 aliphatic heterocycles. The van der Waals surface area contributed by atoms with Gasteiger partial charge in [0, 0.05) is 19.2 Å². The van der Waals surface area contributed by atoms with Gasteiger partial charge in [-0.25, -0.2) is 0 Å². The van der Waals surface area contributed by atoms with Gasteiger partial charge in [0.2, 0.25) is 0 Å². The Morgan fingerprint density at radius 2 is 2.05 bits per heavy atom. The summed E-state index contributed by atoms with van der Waals surface area (Å²) in [6, 6.07) is 6.35. The monoisotopic (exact) mass is 293 g/mol. The first-order valence-corrected chi connectivity index (χ1v) is 7.79. The largest absolute Gasteiger partial charge is 0.491 e. The van der Waals surface area contributed by atoms with E-state index in [2.05, 4.69) is 18.3 Å². The minimum atomic E-state index is -0.519. The quantitative estimate of drug-likeness (QED) is 0.809. The molecule has 1 aliphatic rings. The summed E-state index contributed by atoms with van der Waals surface area (Å²) in [5, 5.41) is 13.3. The highest BCUT2D eigenvalue weighted by molar-refractivity contribution is 5.32. The first kappa shape index (κ1) is 16.3. The molecule has 2 N–H and O–H groups in total. The van der Waals surface area contributed by atoms with Gasteiger partial charge in [0.25, 0.3) is 0 Å². The van der Waals surface area contributed by atoms with E-state index in [-0.39, 0.29) is 12.1 Å². The highest BCUT2D eigenvalue weighted by atomic mass is 16.5. The second kappa shape index (κ2) is 7.78. The average molecular weight is 293 g/mol. The fourth-order valence-electron chi connectivity index (χ4n) is 2.72. The standard InChI is InChI=1S/C17H27NO3/c1-12-7-13(2)9-16(8-12)21-11-15(19)10-18-14(3)17-5-4-6-20-17/h7-9,14-15,17-19H,4-6,10-11H2,1-3H3. The number of aryl methyl sites for hydroxylation is 2. The van der Waals surface area contributed by atoms with Crippen LogP contribution in [0.1, 0.15) is 30.9 Å². The Kier molecular flexibility index (Phi) is 6.03. The minimum Gasteiger partial charge on any atom is -0.491 e. The van der Waals surface area contributed by atoms with E-state index in [1.807, 2.05) is 26.0 Å². The topological polar surface area (TPSA) is 50.7 Å². The Labute approximate surface area is 127 Å². The molecule has 0 aliphatic carbocycles. The summed E-state index contributed by atoms with van der Waals surface area (Å²) in [7, 11) is 0. The van der Waals surface area contributed by atoms with E-state index < -0.39 is 6.10 Å². The van der Waals surface area contributed by atoms with E-state index >= 15 is 0 Å². The third-order valence-corrected chi connectivity index (χ3v) is 3.84. The van der Waals surface area contributed by atoms with Gasteiger partial charge in [-0.15, -0.1) is 0 Å². The zero-order valence-corrected chi connectivity index (χ0v) is 13.3. The molecule has 1 aromatic carbocycles. The van der Waals surface area contributed by atoms with Crippen LogP contribution in [0.25, 0.3) is 0 Å². The Morgan fingerprint density at radius 3 is 2.67 bits per heavy atom. The zero-order chi connectivity index (χ0) is 15.2. The van der Waals surface area contributed by atoms with Crippen molar-refractivity contribution in [2.75, 3.05) is 19.8 Å². The molecule has 3 unspecified atom stereocenters. The molecular weight excluding hydrogens is 266 g/mol. The molecule has 0 spiro atoms. The number of benzene rings is 1. The van der Waals surface area contributed by atoms with E-state index in [0.29, 0.717) is 13.2 Å². The lowest BCUT2D eigenvalue weighted by molar-refractivity contribution is 0.0675. The molecule has 1 heterocycles. The predicted octanol–water partition coefficient (Wildman–Crippen LogP) is 2.20. The maximum Gasteiger partial charge on any atom is 0.119 e. The first-order chi connectivity index (χ1) is 10.0. The van der Waals surface area contributed by atoms with Crippen molar-refractivity contribution in [3.63, 3.8) is 0 Å². The van der Waals surface area contributed by atoms with Crippen LogP contribution in [-0.4, -0.2) is 43.1 Å². The number of rotatable bonds is 7. The van der Waals surface area contributed by atoms with E-state index in [1.54, 1.807) is 0 Å². The Balaban J connectivity index is 1.70. The van der Waals surface area contributed by atoms with E-state index in [1.165, 1.54) is 11.1 Å². The third-order valence-electron chi connectivity index (χ3n) is 3.84. The number of hydrogen-bond donors (Lipinski definition) is 2. The summed E-state index contributed by atoms with van der Waals surface area (Å²) in [6.07, 6.45) is 1.99. The van der Waals surface area contributed by atoms with Crippen molar-refractivity contribution in [2.24, 2.45) is 0 Å². The number of hydrogen-bond acceptors (Lipinski definition) is 4. The van der Waals surface area contributed by atoms with Gasteiger partial charge in [0.05, 0.1) is 6.10 Å². The summed E-state index contributed by atoms with van der Waals surface area (Å²) in [5.41, 5.74) is 2.34. The lowest BCUT2D eigenvalue weighted by atomic mass is 10.1. The summed E-state index contributed by atoms with van der Waals surface area (Å²) < 4.78 is 11.3. The van der Waals surface area contributed by atoms with Gasteiger partial charge < -0.3 is 19.9 Å². The molecule has 21 heavy (non-hydrogen) atoms. The molecular formula is C17H27NO3. The van der Waals surface area contributed by atoms with Gasteiger partial charge >= 0.3 is 0 Å². The zero-order valence-electron chi connectivity index (χ0n) is 13.3. The number of nitrogens with one attached hydrogen (secondary N) is 1. The van der Waals surface area contributed by atoms with Crippen LogP contribution in [0, 0.1) is 13.8 Å². The van der Waals surface area contributed by atoms with E-state index in [0.717, 1.165) is 25.2 Å². The lowest BCUT2D eigenvalue weighted by Crippen LogP contribution is -2.42. The smallest absolute Gasteiger partial charge is 0.119 e. The summed E-state index contributed by atoms with van der Waals surface area (Å²) in [5.74, 6) is 0.818. The van der Waals surface area contributed by atoms with Gasteiger partial charge in [-0.2, -0.15) is 0 Å². The molecule has 4 nitrogen and oxygen atoms in total. The van der Waals surface area contributed by atoms with Crippen molar-refractivity contribution in [1.29, 1.82) is 0 Å². The van der Waals surface area contributed by atoms with Crippen LogP contribution in [0.15, 0.2) is 18.2 Å². The minimum absolute atomic E-state index is 0.267. The van der Waals surface area contributed by atoms with E-state index in [4.69, 9.17) is 9.47 Å². The van der Waals surface area contributed by atoms with E-state index in [9.17, 15) is 5.11 Å². The Bertz CT molecular complexity index is 423.